The van der Waals surface area contributed by atoms with E-state index in [0.29, 0.717) is 24.7 Å². The van der Waals surface area contributed by atoms with Crippen molar-refractivity contribution >= 4 is 0 Å². The van der Waals surface area contributed by atoms with Crippen LogP contribution in [0.15, 0.2) is 0 Å². The Labute approximate surface area is 116 Å². The van der Waals surface area contributed by atoms with Gasteiger partial charge in [-0.05, 0) is 26.7 Å². The summed E-state index contributed by atoms with van der Waals surface area (Å²) in [5.41, 5.74) is 0.236. The molecule has 0 aromatic rings. The van der Waals surface area contributed by atoms with Gasteiger partial charge >= 0.3 is 0 Å². The first-order valence-corrected chi connectivity index (χ1v) is 7.57. The number of rotatable bonds is 3. The molecule has 3 fully saturated rings. The highest BCUT2D eigenvalue weighted by molar-refractivity contribution is 5.10. The molecule has 110 valence electrons. The molecule has 0 spiro atoms. The summed E-state index contributed by atoms with van der Waals surface area (Å²) in [6.45, 7) is 11.1. The van der Waals surface area contributed by atoms with Crippen LogP contribution in [0.5, 0.6) is 0 Å². The van der Waals surface area contributed by atoms with Gasteiger partial charge in [0.15, 0.2) is 5.79 Å². The molecule has 3 aliphatic rings. The molecule has 0 radical (unpaired) electrons. The summed E-state index contributed by atoms with van der Waals surface area (Å²) >= 11 is 0. The summed E-state index contributed by atoms with van der Waals surface area (Å²) in [5, 5.41) is 3.70. The largest absolute Gasteiger partial charge is 0.377 e. The second-order valence-corrected chi connectivity index (χ2v) is 7.26. The molecule has 2 heterocycles. The van der Waals surface area contributed by atoms with Crippen molar-refractivity contribution < 1.29 is 14.2 Å². The van der Waals surface area contributed by atoms with Gasteiger partial charge in [-0.25, -0.2) is 0 Å². The Hall–Kier alpha value is -0.160. The van der Waals surface area contributed by atoms with E-state index in [-0.39, 0.29) is 11.5 Å². The molecule has 2 saturated heterocycles. The van der Waals surface area contributed by atoms with Crippen molar-refractivity contribution in [3.05, 3.63) is 0 Å². The zero-order chi connectivity index (χ0) is 13.7. The standard InChI is InChI=1S/C15H27NO3/c1-14(2)12(11-6-5-7-17-13(11)14)16-8-10-9-18-15(3,4)19-10/h10-13,16H,5-9H2,1-4H3. The van der Waals surface area contributed by atoms with E-state index in [1.165, 1.54) is 12.8 Å². The van der Waals surface area contributed by atoms with Crippen LogP contribution >= 0.6 is 0 Å². The van der Waals surface area contributed by atoms with E-state index in [9.17, 15) is 0 Å². The van der Waals surface area contributed by atoms with Gasteiger partial charge in [0.05, 0.1) is 18.8 Å². The summed E-state index contributed by atoms with van der Waals surface area (Å²) in [6, 6.07) is 0.546. The molecule has 0 amide bonds. The van der Waals surface area contributed by atoms with Gasteiger partial charge < -0.3 is 19.5 Å². The van der Waals surface area contributed by atoms with E-state index < -0.39 is 5.79 Å². The minimum absolute atomic E-state index is 0.175. The number of fused-ring (bicyclic) bond motifs is 1. The third kappa shape index (κ3) is 2.44. The third-order valence-corrected chi connectivity index (χ3v) is 4.96. The zero-order valence-corrected chi connectivity index (χ0v) is 12.6. The molecule has 4 atom stereocenters. The van der Waals surface area contributed by atoms with Gasteiger partial charge in [-0.2, -0.15) is 0 Å². The van der Waals surface area contributed by atoms with Crippen molar-refractivity contribution in [1.29, 1.82) is 0 Å². The van der Waals surface area contributed by atoms with E-state index in [4.69, 9.17) is 14.2 Å². The quantitative estimate of drug-likeness (QED) is 0.850. The van der Waals surface area contributed by atoms with Gasteiger partial charge in [-0.1, -0.05) is 13.8 Å². The maximum atomic E-state index is 5.93. The molecule has 3 rings (SSSR count). The SMILES string of the molecule is CC1(C)OCC(CNC2C3CCCOC3C2(C)C)O1. The second-order valence-electron chi connectivity index (χ2n) is 7.26. The summed E-state index contributed by atoms with van der Waals surface area (Å²) < 4.78 is 17.4. The average Bonchev–Trinajstić information content (AvgIpc) is 2.69. The van der Waals surface area contributed by atoms with Crippen molar-refractivity contribution in [3.8, 4) is 0 Å². The highest BCUT2D eigenvalue weighted by atomic mass is 16.7. The van der Waals surface area contributed by atoms with Crippen LogP contribution < -0.4 is 5.32 Å². The predicted molar refractivity (Wildman–Crippen MR) is 72.9 cm³/mol. The second kappa shape index (κ2) is 4.69. The maximum Gasteiger partial charge on any atom is 0.163 e. The van der Waals surface area contributed by atoms with Crippen LogP contribution in [0.3, 0.4) is 0 Å². The smallest absolute Gasteiger partial charge is 0.163 e. The molecule has 1 aliphatic carbocycles. The summed E-state index contributed by atoms with van der Waals surface area (Å²) in [4.78, 5) is 0. The van der Waals surface area contributed by atoms with Crippen molar-refractivity contribution in [2.24, 2.45) is 11.3 Å². The van der Waals surface area contributed by atoms with Gasteiger partial charge in [-0.15, -0.1) is 0 Å². The fourth-order valence-electron chi connectivity index (χ4n) is 4.06. The maximum absolute atomic E-state index is 5.93. The number of hydrogen-bond donors (Lipinski definition) is 1. The molecule has 0 bridgehead atoms. The molecule has 19 heavy (non-hydrogen) atoms. The number of hydrogen-bond acceptors (Lipinski definition) is 4. The number of nitrogens with one attached hydrogen (secondary N) is 1. The summed E-state index contributed by atoms with van der Waals surface area (Å²) in [6.07, 6.45) is 3.11. The number of ether oxygens (including phenoxy) is 3. The Morgan fingerprint density at radius 1 is 1.21 bits per heavy atom. The van der Waals surface area contributed by atoms with Crippen molar-refractivity contribution in [2.45, 2.75) is 64.6 Å². The van der Waals surface area contributed by atoms with Crippen LogP contribution in [-0.4, -0.2) is 43.8 Å². The van der Waals surface area contributed by atoms with Gasteiger partial charge in [0.25, 0.3) is 0 Å². The molecule has 4 heteroatoms. The lowest BCUT2D eigenvalue weighted by Crippen LogP contribution is -2.69. The Bertz CT molecular complexity index is 342. The van der Waals surface area contributed by atoms with Crippen LogP contribution in [-0.2, 0) is 14.2 Å². The van der Waals surface area contributed by atoms with Gasteiger partial charge in [0, 0.05) is 30.5 Å². The molecule has 4 unspecified atom stereocenters. The Morgan fingerprint density at radius 2 is 2.00 bits per heavy atom. The van der Waals surface area contributed by atoms with Gasteiger partial charge in [0.1, 0.15) is 0 Å². The van der Waals surface area contributed by atoms with Crippen LogP contribution in [0.25, 0.3) is 0 Å². The lowest BCUT2D eigenvalue weighted by atomic mass is 9.55. The molecule has 1 saturated carbocycles. The lowest BCUT2D eigenvalue weighted by molar-refractivity contribution is -0.194. The molecular weight excluding hydrogens is 242 g/mol. The molecule has 0 aromatic heterocycles. The van der Waals surface area contributed by atoms with E-state index >= 15 is 0 Å². The Morgan fingerprint density at radius 3 is 2.68 bits per heavy atom. The highest BCUT2D eigenvalue weighted by Gasteiger charge is 2.57. The monoisotopic (exact) mass is 269 g/mol. The van der Waals surface area contributed by atoms with Crippen LogP contribution in [0.4, 0.5) is 0 Å². The Kier molecular flexibility index (Phi) is 3.41. The first kappa shape index (κ1) is 13.8. The zero-order valence-electron chi connectivity index (χ0n) is 12.6. The van der Waals surface area contributed by atoms with E-state index in [1.807, 2.05) is 13.8 Å². The predicted octanol–water partition coefficient (Wildman–Crippen LogP) is 1.93. The molecular formula is C15H27NO3. The minimum atomic E-state index is -0.419. The fourth-order valence-corrected chi connectivity index (χ4v) is 4.06. The van der Waals surface area contributed by atoms with Crippen LogP contribution in [0.2, 0.25) is 0 Å². The average molecular weight is 269 g/mol. The van der Waals surface area contributed by atoms with Crippen LogP contribution in [0.1, 0.15) is 40.5 Å². The first-order chi connectivity index (χ1) is 8.90. The summed E-state index contributed by atoms with van der Waals surface area (Å²) in [5.74, 6) is 0.261. The molecule has 2 aliphatic heterocycles. The van der Waals surface area contributed by atoms with E-state index in [1.54, 1.807) is 0 Å². The van der Waals surface area contributed by atoms with Crippen molar-refractivity contribution in [2.75, 3.05) is 19.8 Å². The molecule has 1 N–H and O–H groups in total. The molecule has 0 aromatic carbocycles. The highest BCUT2D eigenvalue weighted by Crippen LogP contribution is 2.51. The Balaban J connectivity index is 1.53. The van der Waals surface area contributed by atoms with Crippen LogP contribution in [0, 0.1) is 11.3 Å². The van der Waals surface area contributed by atoms with Gasteiger partial charge in [-0.3, -0.25) is 0 Å². The fraction of sp³-hybridized carbons (Fsp3) is 1.00. The van der Waals surface area contributed by atoms with Gasteiger partial charge in [0.2, 0.25) is 0 Å². The summed E-state index contributed by atoms with van der Waals surface area (Å²) in [7, 11) is 0. The van der Waals surface area contributed by atoms with Crippen molar-refractivity contribution in [1.82, 2.24) is 5.32 Å². The molecule has 4 nitrogen and oxygen atoms in total. The first-order valence-electron chi connectivity index (χ1n) is 7.57. The normalized spacial score (nSPS) is 43.6. The van der Waals surface area contributed by atoms with Crippen molar-refractivity contribution in [3.63, 3.8) is 0 Å². The topological polar surface area (TPSA) is 39.7 Å². The minimum Gasteiger partial charge on any atom is -0.377 e. The van der Waals surface area contributed by atoms with E-state index in [2.05, 4.69) is 19.2 Å². The lowest BCUT2D eigenvalue weighted by Gasteiger charge is -2.60. The third-order valence-electron chi connectivity index (χ3n) is 4.96. The van der Waals surface area contributed by atoms with E-state index in [0.717, 1.165) is 13.2 Å².